The first-order chi connectivity index (χ1) is 7.76. The minimum Gasteiger partial charge on any atom is -0.496 e. The maximum Gasteiger partial charge on any atom is 0.123 e. The van der Waals surface area contributed by atoms with Gasteiger partial charge in [0, 0.05) is 17.4 Å². The van der Waals surface area contributed by atoms with E-state index in [2.05, 4.69) is 0 Å². The van der Waals surface area contributed by atoms with Crippen LogP contribution < -0.4 is 10.5 Å². The molecule has 0 radical (unpaired) electrons. The number of benzene rings is 1. The Morgan fingerprint density at radius 1 is 1.56 bits per heavy atom. The Balaban J connectivity index is 2.31. The number of hydrogen-bond donors (Lipinski definition) is 1. The highest BCUT2D eigenvalue weighted by atomic mass is 19.1. The number of halogens is 1. The van der Waals surface area contributed by atoms with Crippen molar-refractivity contribution < 1.29 is 13.9 Å². The Morgan fingerprint density at radius 2 is 2.31 bits per heavy atom. The Hall–Kier alpha value is -1.13. The van der Waals surface area contributed by atoms with Crippen molar-refractivity contribution in [2.45, 2.75) is 5.92 Å². The normalized spacial score (nSPS) is 17.9. The molecule has 3 nitrogen and oxygen atoms in total. The second kappa shape index (κ2) is 4.80. The van der Waals surface area contributed by atoms with E-state index in [1.165, 1.54) is 12.1 Å². The first kappa shape index (κ1) is 11.4. The predicted octanol–water partition coefficient (Wildman–Crippen LogP) is 1.52. The van der Waals surface area contributed by atoms with Crippen LogP contribution in [0, 0.1) is 11.7 Å². The summed E-state index contributed by atoms with van der Waals surface area (Å²) in [6.45, 7) is 1.87. The minimum absolute atomic E-state index is 0.111. The van der Waals surface area contributed by atoms with Crippen LogP contribution in [0.3, 0.4) is 0 Å². The lowest BCUT2D eigenvalue weighted by Crippen LogP contribution is -2.36. The Bertz CT molecular complexity index is 366. The molecule has 1 aromatic carbocycles. The molecule has 1 heterocycles. The predicted molar refractivity (Wildman–Crippen MR) is 59.1 cm³/mol. The fourth-order valence-corrected chi connectivity index (χ4v) is 2.05. The summed E-state index contributed by atoms with van der Waals surface area (Å²) in [7, 11) is 1.58. The van der Waals surface area contributed by atoms with Gasteiger partial charge in [-0.25, -0.2) is 4.39 Å². The molecule has 0 spiro atoms. The fraction of sp³-hybridized carbons (Fsp3) is 0.500. The van der Waals surface area contributed by atoms with Crippen LogP contribution >= 0.6 is 0 Å². The summed E-state index contributed by atoms with van der Waals surface area (Å²) in [4.78, 5) is 0. The molecule has 1 aliphatic rings. The van der Waals surface area contributed by atoms with Crippen LogP contribution in [0.25, 0.3) is 0 Å². The number of nitrogens with two attached hydrogens (primary N) is 1. The SMILES string of the molecule is COc1ccc(F)cc1C(CN)C1COC1. The third-order valence-electron chi connectivity index (χ3n) is 3.08. The van der Waals surface area contributed by atoms with Crippen LogP contribution in [0.5, 0.6) is 5.75 Å². The molecule has 4 heteroatoms. The van der Waals surface area contributed by atoms with Crippen molar-refractivity contribution >= 4 is 0 Å². The minimum atomic E-state index is -0.255. The highest BCUT2D eigenvalue weighted by Crippen LogP contribution is 2.35. The van der Waals surface area contributed by atoms with Gasteiger partial charge < -0.3 is 15.2 Å². The van der Waals surface area contributed by atoms with Gasteiger partial charge in [-0.15, -0.1) is 0 Å². The lowest BCUT2D eigenvalue weighted by Gasteiger charge is -2.33. The summed E-state index contributed by atoms with van der Waals surface area (Å²) >= 11 is 0. The smallest absolute Gasteiger partial charge is 0.123 e. The maximum absolute atomic E-state index is 13.2. The maximum atomic E-state index is 13.2. The van der Waals surface area contributed by atoms with Gasteiger partial charge in [-0.2, -0.15) is 0 Å². The van der Waals surface area contributed by atoms with Gasteiger partial charge in [0.1, 0.15) is 11.6 Å². The second-order valence-electron chi connectivity index (χ2n) is 4.03. The highest BCUT2D eigenvalue weighted by molar-refractivity contribution is 5.37. The summed E-state index contributed by atoms with van der Waals surface area (Å²) in [5, 5.41) is 0. The number of ether oxygens (including phenoxy) is 2. The van der Waals surface area contributed by atoms with Crippen LogP contribution in [-0.2, 0) is 4.74 Å². The third kappa shape index (κ3) is 2.03. The molecule has 1 aliphatic heterocycles. The highest BCUT2D eigenvalue weighted by Gasteiger charge is 2.30. The molecule has 1 aromatic rings. The molecule has 0 bridgehead atoms. The molecule has 88 valence electrons. The van der Waals surface area contributed by atoms with Crippen molar-refractivity contribution in [3.05, 3.63) is 29.6 Å². The second-order valence-corrected chi connectivity index (χ2v) is 4.03. The standard InChI is InChI=1S/C12H16FNO2/c1-15-12-3-2-9(13)4-10(12)11(5-14)8-6-16-7-8/h2-4,8,11H,5-7,14H2,1H3. The molecular formula is C12H16FNO2. The van der Waals surface area contributed by atoms with E-state index in [1.54, 1.807) is 13.2 Å². The van der Waals surface area contributed by atoms with Crippen LogP contribution in [0.4, 0.5) is 4.39 Å². The van der Waals surface area contributed by atoms with E-state index in [1.807, 2.05) is 0 Å². The first-order valence-corrected chi connectivity index (χ1v) is 5.37. The lowest BCUT2D eigenvalue weighted by molar-refractivity contribution is -0.0440. The van der Waals surface area contributed by atoms with E-state index in [0.717, 1.165) is 5.56 Å². The van der Waals surface area contributed by atoms with Gasteiger partial charge in [-0.05, 0) is 24.7 Å². The topological polar surface area (TPSA) is 44.5 Å². The van der Waals surface area contributed by atoms with Gasteiger partial charge in [0.05, 0.1) is 20.3 Å². The van der Waals surface area contributed by atoms with Crippen molar-refractivity contribution in [2.24, 2.45) is 11.7 Å². The molecular weight excluding hydrogens is 209 g/mol. The molecule has 0 aromatic heterocycles. The Kier molecular flexibility index (Phi) is 3.41. The number of rotatable bonds is 4. The van der Waals surface area contributed by atoms with Gasteiger partial charge in [0.15, 0.2) is 0 Å². The van der Waals surface area contributed by atoms with Crippen LogP contribution in [0.15, 0.2) is 18.2 Å². The van der Waals surface area contributed by atoms with Gasteiger partial charge in [-0.3, -0.25) is 0 Å². The van der Waals surface area contributed by atoms with E-state index in [-0.39, 0.29) is 11.7 Å². The Labute approximate surface area is 94.3 Å². The van der Waals surface area contributed by atoms with E-state index >= 15 is 0 Å². The Morgan fingerprint density at radius 3 is 2.81 bits per heavy atom. The fourth-order valence-electron chi connectivity index (χ4n) is 2.05. The average Bonchev–Trinajstić information content (AvgIpc) is 2.23. The molecule has 1 atom stereocenters. The molecule has 0 amide bonds. The quantitative estimate of drug-likeness (QED) is 0.845. The molecule has 1 fully saturated rings. The molecule has 1 unspecified atom stereocenters. The van der Waals surface area contributed by atoms with Gasteiger partial charge in [0.2, 0.25) is 0 Å². The molecule has 2 N–H and O–H groups in total. The number of hydrogen-bond acceptors (Lipinski definition) is 3. The third-order valence-corrected chi connectivity index (χ3v) is 3.08. The summed E-state index contributed by atoms with van der Waals surface area (Å²) in [5.41, 5.74) is 6.60. The molecule has 0 saturated carbocycles. The lowest BCUT2D eigenvalue weighted by atomic mass is 9.84. The van der Waals surface area contributed by atoms with Crippen molar-refractivity contribution in [2.75, 3.05) is 26.9 Å². The van der Waals surface area contributed by atoms with Crippen molar-refractivity contribution in [1.29, 1.82) is 0 Å². The monoisotopic (exact) mass is 225 g/mol. The van der Waals surface area contributed by atoms with Crippen LogP contribution in [0.2, 0.25) is 0 Å². The van der Waals surface area contributed by atoms with Crippen molar-refractivity contribution in [1.82, 2.24) is 0 Å². The summed E-state index contributed by atoms with van der Waals surface area (Å²) < 4.78 is 23.6. The van der Waals surface area contributed by atoms with E-state index in [9.17, 15) is 4.39 Å². The zero-order chi connectivity index (χ0) is 11.5. The van der Waals surface area contributed by atoms with Crippen LogP contribution in [-0.4, -0.2) is 26.9 Å². The van der Waals surface area contributed by atoms with E-state index in [4.69, 9.17) is 15.2 Å². The zero-order valence-corrected chi connectivity index (χ0v) is 9.28. The molecule has 2 rings (SSSR count). The number of methoxy groups -OCH3 is 1. The molecule has 1 saturated heterocycles. The summed E-state index contributed by atoms with van der Waals surface area (Å²) in [5.74, 6) is 0.929. The van der Waals surface area contributed by atoms with Crippen LogP contribution in [0.1, 0.15) is 11.5 Å². The van der Waals surface area contributed by atoms with Gasteiger partial charge in [0.25, 0.3) is 0 Å². The molecule has 16 heavy (non-hydrogen) atoms. The van der Waals surface area contributed by atoms with E-state index in [0.29, 0.717) is 31.4 Å². The van der Waals surface area contributed by atoms with Gasteiger partial charge in [-0.1, -0.05) is 0 Å². The first-order valence-electron chi connectivity index (χ1n) is 5.37. The summed E-state index contributed by atoms with van der Waals surface area (Å²) in [6, 6.07) is 4.55. The van der Waals surface area contributed by atoms with Crippen molar-refractivity contribution in [3.63, 3.8) is 0 Å². The average molecular weight is 225 g/mol. The summed E-state index contributed by atoms with van der Waals surface area (Å²) in [6.07, 6.45) is 0. The van der Waals surface area contributed by atoms with E-state index < -0.39 is 0 Å². The largest absolute Gasteiger partial charge is 0.496 e. The zero-order valence-electron chi connectivity index (χ0n) is 9.28. The van der Waals surface area contributed by atoms with Crippen molar-refractivity contribution in [3.8, 4) is 5.75 Å². The molecule has 0 aliphatic carbocycles. The van der Waals surface area contributed by atoms with Gasteiger partial charge >= 0.3 is 0 Å².